The average molecular weight is 276 g/mol. The molecule has 2 amide bonds. The summed E-state index contributed by atoms with van der Waals surface area (Å²) >= 11 is 0. The average Bonchev–Trinajstić information content (AvgIpc) is 2.72. The van der Waals surface area contributed by atoms with Crippen molar-refractivity contribution in [1.29, 1.82) is 0 Å². The van der Waals surface area contributed by atoms with Gasteiger partial charge in [-0.25, -0.2) is 9.59 Å². The molecule has 1 aromatic carbocycles. The minimum atomic E-state index is -0.997. The lowest BCUT2D eigenvalue weighted by Crippen LogP contribution is -2.34. The maximum Gasteiger partial charge on any atom is 0.335 e. The maximum absolute atomic E-state index is 12.2. The van der Waals surface area contributed by atoms with Crippen LogP contribution in [0.25, 0.3) is 0 Å². The van der Waals surface area contributed by atoms with Gasteiger partial charge in [-0.05, 0) is 36.5 Å². The Bertz CT molecular complexity index is 552. The van der Waals surface area contributed by atoms with Gasteiger partial charge in [-0.15, -0.1) is 0 Å². The molecule has 0 aromatic heterocycles. The molecule has 1 saturated heterocycles. The lowest BCUT2D eigenvalue weighted by atomic mass is 9.93. The molecule has 5 heteroatoms. The van der Waals surface area contributed by atoms with E-state index in [0.717, 1.165) is 25.1 Å². The first-order valence-electron chi connectivity index (χ1n) is 6.68. The summed E-state index contributed by atoms with van der Waals surface area (Å²) in [5.74, 6) is -0.997. The monoisotopic (exact) mass is 276 g/mol. The molecule has 2 rings (SSSR count). The number of likely N-dealkylation sites (tertiary alicyclic amines) is 1. The number of amides is 2. The Hall–Kier alpha value is -2.04. The maximum atomic E-state index is 12.2. The van der Waals surface area contributed by atoms with Gasteiger partial charge in [0.05, 0.1) is 5.56 Å². The summed E-state index contributed by atoms with van der Waals surface area (Å²) in [6.07, 6.45) is 0.981. The highest BCUT2D eigenvalue weighted by atomic mass is 16.4. The molecule has 1 heterocycles. The number of anilines is 1. The van der Waals surface area contributed by atoms with Gasteiger partial charge < -0.3 is 15.3 Å². The highest BCUT2D eigenvalue weighted by Crippen LogP contribution is 2.29. The predicted octanol–water partition coefficient (Wildman–Crippen LogP) is 2.96. The number of hydrogen-bond donors (Lipinski definition) is 2. The van der Waals surface area contributed by atoms with Gasteiger partial charge in [0.1, 0.15) is 0 Å². The SMILES string of the molecule is Cc1ccc(C(=O)O)cc1NC(=O)N1CCC(C)(C)C1. The molecule has 0 unspecified atom stereocenters. The highest BCUT2D eigenvalue weighted by Gasteiger charge is 2.32. The molecule has 0 spiro atoms. The quantitative estimate of drug-likeness (QED) is 0.872. The molecule has 1 aliphatic rings. The lowest BCUT2D eigenvalue weighted by Gasteiger charge is -2.21. The van der Waals surface area contributed by atoms with Crippen LogP contribution in [0.15, 0.2) is 18.2 Å². The van der Waals surface area contributed by atoms with Crippen molar-refractivity contribution in [3.05, 3.63) is 29.3 Å². The van der Waals surface area contributed by atoms with E-state index < -0.39 is 5.97 Å². The van der Waals surface area contributed by atoms with Crippen molar-refractivity contribution in [1.82, 2.24) is 4.90 Å². The van der Waals surface area contributed by atoms with Gasteiger partial charge in [-0.2, -0.15) is 0 Å². The van der Waals surface area contributed by atoms with Gasteiger partial charge in [0.15, 0.2) is 0 Å². The molecule has 108 valence electrons. The summed E-state index contributed by atoms with van der Waals surface area (Å²) in [7, 11) is 0. The zero-order chi connectivity index (χ0) is 14.9. The van der Waals surface area contributed by atoms with Crippen LogP contribution in [0.5, 0.6) is 0 Å². The zero-order valence-electron chi connectivity index (χ0n) is 12.1. The van der Waals surface area contributed by atoms with E-state index in [-0.39, 0.29) is 17.0 Å². The number of hydrogen-bond acceptors (Lipinski definition) is 2. The van der Waals surface area contributed by atoms with Crippen LogP contribution < -0.4 is 5.32 Å². The van der Waals surface area contributed by atoms with Crippen LogP contribution in [0.2, 0.25) is 0 Å². The molecule has 1 aliphatic heterocycles. The van der Waals surface area contributed by atoms with Crippen molar-refractivity contribution in [2.24, 2.45) is 5.41 Å². The summed E-state index contributed by atoms with van der Waals surface area (Å²) in [5.41, 5.74) is 1.73. The van der Waals surface area contributed by atoms with E-state index in [0.29, 0.717) is 5.69 Å². The Morgan fingerprint density at radius 1 is 1.35 bits per heavy atom. The third-order valence-corrected chi connectivity index (χ3v) is 3.69. The van der Waals surface area contributed by atoms with Gasteiger partial charge in [0.25, 0.3) is 0 Å². The van der Waals surface area contributed by atoms with Crippen LogP contribution in [-0.2, 0) is 0 Å². The molecule has 0 saturated carbocycles. The van der Waals surface area contributed by atoms with Crippen LogP contribution in [0, 0.1) is 12.3 Å². The van der Waals surface area contributed by atoms with Crippen LogP contribution in [0.4, 0.5) is 10.5 Å². The van der Waals surface area contributed by atoms with Crippen molar-refractivity contribution in [3.8, 4) is 0 Å². The van der Waals surface area contributed by atoms with Crippen LogP contribution in [0.1, 0.15) is 36.2 Å². The Morgan fingerprint density at radius 3 is 2.60 bits per heavy atom. The normalized spacial score (nSPS) is 17.1. The Balaban J connectivity index is 2.12. The second-order valence-electron chi connectivity index (χ2n) is 6.10. The summed E-state index contributed by atoms with van der Waals surface area (Å²) in [5, 5.41) is 11.8. The van der Waals surface area contributed by atoms with Crippen LogP contribution >= 0.6 is 0 Å². The number of urea groups is 1. The van der Waals surface area contributed by atoms with Gasteiger partial charge in [-0.3, -0.25) is 0 Å². The Kier molecular flexibility index (Phi) is 3.70. The first-order valence-corrected chi connectivity index (χ1v) is 6.68. The van der Waals surface area contributed by atoms with Gasteiger partial charge in [0.2, 0.25) is 0 Å². The third-order valence-electron chi connectivity index (χ3n) is 3.69. The van der Waals surface area contributed by atoms with Crippen molar-refractivity contribution < 1.29 is 14.7 Å². The number of aromatic carboxylic acids is 1. The molecule has 0 radical (unpaired) electrons. The molecule has 2 N–H and O–H groups in total. The predicted molar refractivity (Wildman–Crippen MR) is 77.1 cm³/mol. The first-order chi connectivity index (χ1) is 9.28. The molecule has 1 aromatic rings. The fourth-order valence-electron chi connectivity index (χ4n) is 2.37. The molecule has 0 aliphatic carbocycles. The summed E-state index contributed by atoms with van der Waals surface area (Å²) in [4.78, 5) is 24.9. The Morgan fingerprint density at radius 2 is 2.05 bits per heavy atom. The summed E-state index contributed by atoms with van der Waals surface area (Å²) in [6.45, 7) is 7.56. The first kappa shape index (κ1) is 14.4. The number of aryl methyl sites for hydroxylation is 1. The van der Waals surface area contributed by atoms with Crippen molar-refractivity contribution in [2.45, 2.75) is 27.2 Å². The van der Waals surface area contributed by atoms with Gasteiger partial charge in [0, 0.05) is 18.8 Å². The van der Waals surface area contributed by atoms with Gasteiger partial charge in [-0.1, -0.05) is 19.9 Å². The second-order valence-corrected chi connectivity index (χ2v) is 6.10. The van der Waals surface area contributed by atoms with E-state index >= 15 is 0 Å². The zero-order valence-corrected chi connectivity index (χ0v) is 12.1. The van der Waals surface area contributed by atoms with E-state index in [1.807, 2.05) is 6.92 Å². The number of nitrogens with one attached hydrogen (secondary N) is 1. The Labute approximate surface area is 118 Å². The minimum absolute atomic E-state index is 0.148. The fraction of sp³-hybridized carbons (Fsp3) is 0.467. The molecular weight excluding hydrogens is 256 g/mol. The minimum Gasteiger partial charge on any atom is -0.478 e. The highest BCUT2D eigenvalue weighted by molar-refractivity contribution is 5.94. The van der Waals surface area contributed by atoms with Crippen molar-refractivity contribution in [2.75, 3.05) is 18.4 Å². The number of nitrogens with zero attached hydrogens (tertiary/aromatic N) is 1. The van der Waals surface area contributed by atoms with E-state index in [4.69, 9.17) is 5.11 Å². The van der Waals surface area contributed by atoms with Crippen LogP contribution in [-0.4, -0.2) is 35.1 Å². The fourth-order valence-corrected chi connectivity index (χ4v) is 2.37. The van der Waals surface area contributed by atoms with Crippen molar-refractivity contribution in [3.63, 3.8) is 0 Å². The van der Waals surface area contributed by atoms with Gasteiger partial charge >= 0.3 is 12.0 Å². The summed E-state index contributed by atoms with van der Waals surface area (Å²) < 4.78 is 0. The molecule has 5 nitrogen and oxygen atoms in total. The van der Waals surface area contributed by atoms with E-state index in [1.54, 1.807) is 11.0 Å². The summed E-state index contributed by atoms with van der Waals surface area (Å²) in [6, 6.07) is 4.57. The number of carboxylic acid groups (broad SMARTS) is 1. The molecule has 0 bridgehead atoms. The number of carbonyl (C=O) groups is 2. The number of rotatable bonds is 2. The second kappa shape index (κ2) is 5.15. The standard InChI is InChI=1S/C15H20N2O3/c1-10-4-5-11(13(18)19)8-12(10)16-14(20)17-7-6-15(2,3)9-17/h4-5,8H,6-7,9H2,1-3H3,(H,16,20)(H,18,19). The van der Waals surface area contributed by atoms with Crippen LogP contribution in [0.3, 0.4) is 0 Å². The van der Waals surface area contributed by atoms with E-state index in [9.17, 15) is 9.59 Å². The van der Waals surface area contributed by atoms with E-state index in [2.05, 4.69) is 19.2 Å². The van der Waals surface area contributed by atoms with E-state index in [1.165, 1.54) is 12.1 Å². The molecule has 0 atom stereocenters. The topological polar surface area (TPSA) is 69.6 Å². The molecule has 1 fully saturated rings. The smallest absolute Gasteiger partial charge is 0.335 e. The largest absolute Gasteiger partial charge is 0.478 e. The lowest BCUT2D eigenvalue weighted by molar-refractivity contribution is 0.0697. The number of carbonyl (C=O) groups excluding carboxylic acids is 1. The number of carboxylic acids is 1. The van der Waals surface area contributed by atoms with Crippen molar-refractivity contribution >= 4 is 17.7 Å². The molecular formula is C15H20N2O3. The molecule has 20 heavy (non-hydrogen) atoms. The third kappa shape index (κ3) is 3.10. The number of benzene rings is 1.